The lowest BCUT2D eigenvalue weighted by Crippen LogP contribution is -2.30. The van der Waals surface area contributed by atoms with Gasteiger partial charge in [-0.3, -0.25) is 0 Å². The molecule has 2 N–H and O–H groups in total. The summed E-state index contributed by atoms with van der Waals surface area (Å²) >= 11 is 5.22. The number of rotatable bonds is 4. The van der Waals surface area contributed by atoms with Gasteiger partial charge in [-0.15, -0.1) is 0 Å². The maximum atomic E-state index is 13.4. The molecule has 0 saturated carbocycles. The van der Waals surface area contributed by atoms with Crippen LogP contribution in [-0.2, 0) is 6.42 Å². The van der Waals surface area contributed by atoms with Crippen molar-refractivity contribution in [3.8, 4) is 0 Å². The summed E-state index contributed by atoms with van der Waals surface area (Å²) < 4.78 is 13.4. The Hall–Kier alpha value is -1.94. The normalized spacial score (nSPS) is 10.2. The summed E-state index contributed by atoms with van der Waals surface area (Å²) in [6, 6.07) is 13.3. The summed E-state index contributed by atoms with van der Waals surface area (Å²) in [5.74, 6) is -0.234. The van der Waals surface area contributed by atoms with Crippen molar-refractivity contribution in [1.82, 2.24) is 5.32 Å². The summed E-state index contributed by atoms with van der Waals surface area (Å²) in [5, 5.41) is 6.64. The maximum Gasteiger partial charge on any atom is 0.170 e. The fourth-order valence-electron chi connectivity index (χ4n) is 2.05. The first-order valence-corrected chi connectivity index (χ1v) is 7.32. The summed E-state index contributed by atoms with van der Waals surface area (Å²) in [5.41, 5.74) is 3.86. The van der Waals surface area contributed by atoms with Gasteiger partial charge >= 0.3 is 0 Å². The van der Waals surface area contributed by atoms with Gasteiger partial charge in [-0.05, 0) is 61.3 Å². The number of aryl methyl sites for hydroxylation is 2. The van der Waals surface area contributed by atoms with Gasteiger partial charge in [-0.1, -0.05) is 30.3 Å². The minimum Gasteiger partial charge on any atom is -0.362 e. The fourth-order valence-corrected chi connectivity index (χ4v) is 2.27. The first-order valence-electron chi connectivity index (χ1n) is 6.92. The van der Waals surface area contributed by atoms with E-state index in [2.05, 4.69) is 29.7 Å². The second-order valence-electron chi connectivity index (χ2n) is 5.02. The van der Waals surface area contributed by atoms with Crippen LogP contribution in [0.3, 0.4) is 0 Å². The van der Waals surface area contributed by atoms with Crippen LogP contribution in [0.5, 0.6) is 0 Å². The van der Waals surface area contributed by atoms with Gasteiger partial charge in [0.1, 0.15) is 5.82 Å². The smallest absolute Gasteiger partial charge is 0.170 e. The highest BCUT2D eigenvalue weighted by Gasteiger charge is 2.02. The monoisotopic (exact) mass is 302 g/mol. The summed E-state index contributed by atoms with van der Waals surface area (Å²) in [4.78, 5) is 0. The van der Waals surface area contributed by atoms with Crippen molar-refractivity contribution >= 4 is 23.0 Å². The number of anilines is 1. The molecule has 0 saturated heterocycles. The Labute approximate surface area is 130 Å². The second kappa shape index (κ2) is 7.18. The van der Waals surface area contributed by atoms with E-state index in [1.165, 1.54) is 17.2 Å². The molecule has 2 aromatic rings. The SMILES string of the molecule is Cc1ccc(NC(=S)NCCc2ccccc2C)cc1F. The Kier molecular flexibility index (Phi) is 5.28. The maximum absolute atomic E-state index is 13.4. The zero-order valence-corrected chi connectivity index (χ0v) is 13.1. The number of benzene rings is 2. The lowest BCUT2D eigenvalue weighted by Gasteiger charge is -2.12. The van der Waals surface area contributed by atoms with E-state index in [1.54, 1.807) is 13.0 Å². The molecule has 0 spiro atoms. The van der Waals surface area contributed by atoms with Crippen molar-refractivity contribution in [1.29, 1.82) is 0 Å². The molecule has 0 unspecified atom stereocenters. The Balaban J connectivity index is 1.82. The Morgan fingerprint density at radius 3 is 2.57 bits per heavy atom. The first-order chi connectivity index (χ1) is 10.1. The van der Waals surface area contributed by atoms with Crippen molar-refractivity contribution in [2.24, 2.45) is 0 Å². The minimum absolute atomic E-state index is 0.234. The molecule has 21 heavy (non-hydrogen) atoms. The largest absolute Gasteiger partial charge is 0.362 e. The number of thiocarbonyl (C=S) groups is 1. The van der Waals surface area contributed by atoms with Crippen LogP contribution >= 0.6 is 12.2 Å². The second-order valence-corrected chi connectivity index (χ2v) is 5.43. The molecule has 2 aromatic carbocycles. The standard InChI is InChI=1S/C17H19FN2S/c1-12-5-3-4-6-14(12)9-10-19-17(21)20-15-8-7-13(2)16(18)11-15/h3-8,11H,9-10H2,1-2H3,(H2,19,20,21). The summed E-state index contributed by atoms with van der Waals surface area (Å²) in [7, 11) is 0. The molecule has 0 aliphatic heterocycles. The molecule has 0 aromatic heterocycles. The van der Waals surface area contributed by atoms with Crippen LogP contribution in [0, 0.1) is 19.7 Å². The van der Waals surface area contributed by atoms with Crippen LogP contribution < -0.4 is 10.6 Å². The number of hydrogen-bond acceptors (Lipinski definition) is 1. The van der Waals surface area contributed by atoms with Gasteiger partial charge in [-0.2, -0.15) is 0 Å². The van der Waals surface area contributed by atoms with E-state index in [0.29, 0.717) is 16.4 Å². The lowest BCUT2D eigenvalue weighted by atomic mass is 10.1. The van der Waals surface area contributed by atoms with Crippen molar-refractivity contribution in [3.05, 3.63) is 65.0 Å². The van der Waals surface area contributed by atoms with E-state index in [4.69, 9.17) is 12.2 Å². The number of halogens is 1. The van der Waals surface area contributed by atoms with Gasteiger partial charge in [0.25, 0.3) is 0 Å². The average molecular weight is 302 g/mol. The Bertz CT molecular complexity index is 640. The molecular weight excluding hydrogens is 283 g/mol. The van der Waals surface area contributed by atoms with Gasteiger partial charge in [0.15, 0.2) is 5.11 Å². The molecule has 2 rings (SSSR count). The third-order valence-corrected chi connectivity index (χ3v) is 3.62. The number of nitrogens with one attached hydrogen (secondary N) is 2. The van der Waals surface area contributed by atoms with Crippen molar-refractivity contribution in [3.63, 3.8) is 0 Å². The predicted molar refractivity (Wildman–Crippen MR) is 90.2 cm³/mol. The zero-order valence-electron chi connectivity index (χ0n) is 12.2. The topological polar surface area (TPSA) is 24.1 Å². The van der Waals surface area contributed by atoms with Crippen molar-refractivity contribution in [2.45, 2.75) is 20.3 Å². The van der Waals surface area contributed by atoms with Gasteiger partial charge in [0, 0.05) is 12.2 Å². The molecular formula is C17H19FN2S. The molecule has 0 aliphatic rings. The Morgan fingerprint density at radius 1 is 1.10 bits per heavy atom. The van der Waals surface area contributed by atoms with Crippen LogP contribution in [0.4, 0.5) is 10.1 Å². The van der Waals surface area contributed by atoms with Crippen LogP contribution in [0.25, 0.3) is 0 Å². The third kappa shape index (κ3) is 4.53. The molecule has 110 valence electrons. The molecule has 2 nitrogen and oxygen atoms in total. The molecule has 0 bridgehead atoms. The zero-order chi connectivity index (χ0) is 15.2. The van der Waals surface area contributed by atoms with Crippen molar-refractivity contribution in [2.75, 3.05) is 11.9 Å². The van der Waals surface area contributed by atoms with Gasteiger partial charge in [0.05, 0.1) is 0 Å². The highest BCUT2D eigenvalue weighted by atomic mass is 32.1. The van der Waals surface area contributed by atoms with Gasteiger partial charge in [-0.25, -0.2) is 4.39 Å². The van der Waals surface area contributed by atoms with Crippen LogP contribution in [0.2, 0.25) is 0 Å². The first kappa shape index (κ1) is 15.4. The van der Waals surface area contributed by atoms with E-state index < -0.39 is 0 Å². The highest BCUT2D eigenvalue weighted by molar-refractivity contribution is 7.80. The van der Waals surface area contributed by atoms with Crippen LogP contribution in [0.15, 0.2) is 42.5 Å². The van der Waals surface area contributed by atoms with Crippen LogP contribution in [0.1, 0.15) is 16.7 Å². The fraction of sp³-hybridized carbons (Fsp3) is 0.235. The molecule has 0 aliphatic carbocycles. The van der Waals surface area contributed by atoms with Gasteiger partial charge < -0.3 is 10.6 Å². The van der Waals surface area contributed by atoms with E-state index >= 15 is 0 Å². The van der Waals surface area contributed by atoms with Gasteiger partial charge in [0.2, 0.25) is 0 Å². The van der Waals surface area contributed by atoms with E-state index in [1.807, 2.05) is 18.2 Å². The van der Waals surface area contributed by atoms with Crippen LogP contribution in [-0.4, -0.2) is 11.7 Å². The highest BCUT2D eigenvalue weighted by Crippen LogP contribution is 2.13. The lowest BCUT2D eigenvalue weighted by molar-refractivity contribution is 0.619. The van der Waals surface area contributed by atoms with E-state index in [0.717, 1.165) is 13.0 Å². The Morgan fingerprint density at radius 2 is 1.86 bits per heavy atom. The molecule has 0 atom stereocenters. The summed E-state index contributed by atoms with van der Waals surface area (Å²) in [6.45, 7) is 4.57. The number of hydrogen-bond donors (Lipinski definition) is 2. The average Bonchev–Trinajstić information content (AvgIpc) is 2.45. The minimum atomic E-state index is -0.234. The molecule has 0 radical (unpaired) electrons. The predicted octanol–water partition coefficient (Wildman–Crippen LogP) is 3.97. The quantitative estimate of drug-likeness (QED) is 0.836. The molecule has 0 amide bonds. The molecule has 4 heteroatoms. The van der Waals surface area contributed by atoms with E-state index in [-0.39, 0.29) is 5.82 Å². The third-order valence-electron chi connectivity index (χ3n) is 3.37. The van der Waals surface area contributed by atoms with E-state index in [9.17, 15) is 4.39 Å². The molecule has 0 fully saturated rings. The summed E-state index contributed by atoms with van der Waals surface area (Å²) in [6.07, 6.45) is 0.900. The molecule has 0 heterocycles. The van der Waals surface area contributed by atoms with Crippen molar-refractivity contribution < 1.29 is 4.39 Å².